The number of likely N-dealkylation sites (tertiary alicyclic amines) is 1. The van der Waals surface area contributed by atoms with Crippen molar-refractivity contribution in [1.29, 1.82) is 0 Å². The molecule has 1 fully saturated rings. The lowest BCUT2D eigenvalue weighted by Gasteiger charge is -2.33. The summed E-state index contributed by atoms with van der Waals surface area (Å²) in [5.74, 6) is 1.07. The molecule has 0 saturated carbocycles. The topological polar surface area (TPSA) is 72.3 Å². The minimum absolute atomic E-state index is 0.0783. The number of ether oxygens (including phenoxy) is 1. The first-order valence-corrected chi connectivity index (χ1v) is 9.78. The van der Waals surface area contributed by atoms with Gasteiger partial charge < -0.3 is 19.5 Å². The number of rotatable bonds is 5. The zero-order chi connectivity index (χ0) is 19.3. The number of carbonyl (C=O) groups is 1. The fourth-order valence-corrected chi connectivity index (χ4v) is 3.75. The Balaban J connectivity index is 1.41. The van der Waals surface area contributed by atoms with Gasteiger partial charge >= 0.3 is 6.03 Å². The third kappa shape index (κ3) is 3.93. The molecular weight excluding hydrogens is 354 g/mol. The maximum atomic E-state index is 12.8. The first kappa shape index (κ1) is 18.3. The Hall–Kier alpha value is -3.09. The SMILES string of the molecule is CCOc1ccccc1NC(=O)N1CCCC(Cn2cnc3cccnc32)C1. The molecule has 28 heavy (non-hydrogen) atoms. The molecule has 1 aliphatic rings. The summed E-state index contributed by atoms with van der Waals surface area (Å²) in [4.78, 5) is 23.6. The van der Waals surface area contributed by atoms with E-state index >= 15 is 0 Å². The molecule has 1 aliphatic heterocycles. The van der Waals surface area contributed by atoms with Crippen molar-refractivity contribution in [2.75, 3.05) is 25.0 Å². The number of para-hydroxylation sites is 2. The van der Waals surface area contributed by atoms with E-state index in [9.17, 15) is 4.79 Å². The fraction of sp³-hybridized carbons (Fsp3) is 0.381. The summed E-state index contributed by atoms with van der Waals surface area (Å²) in [6, 6.07) is 11.3. The Morgan fingerprint density at radius 2 is 2.14 bits per heavy atom. The average molecular weight is 379 g/mol. The minimum Gasteiger partial charge on any atom is -0.492 e. The normalized spacial score (nSPS) is 16.9. The fourth-order valence-electron chi connectivity index (χ4n) is 3.75. The van der Waals surface area contributed by atoms with Crippen LogP contribution in [0.4, 0.5) is 10.5 Å². The molecule has 3 heterocycles. The molecule has 1 N–H and O–H groups in total. The van der Waals surface area contributed by atoms with E-state index in [0.717, 1.165) is 43.6 Å². The molecule has 0 aliphatic carbocycles. The van der Waals surface area contributed by atoms with Gasteiger partial charge in [-0.15, -0.1) is 0 Å². The lowest BCUT2D eigenvalue weighted by atomic mass is 9.98. The number of benzene rings is 1. The number of imidazole rings is 1. The number of nitrogens with zero attached hydrogens (tertiary/aromatic N) is 4. The zero-order valence-electron chi connectivity index (χ0n) is 16.0. The molecule has 1 aromatic carbocycles. The Labute approximate surface area is 164 Å². The average Bonchev–Trinajstić information content (AvgIpc) is 3.13. The van der Waals surface area contributed by atoms with Crippen LogP contribution in [0.2, 0.25) is 0 Å². The van der Waals surface area contributed by atoms with Crippen LogP contribution in [0.25, 0.3) is 11.2 Å². The molecule has 0 radical (unpaired) electrons. The van der Waals surface area contributed by atoms with E-state index in [1.165, 1.54) is 0 Å². The lowest BCUT2D eigenvalue weighted by Crippen LogP contribution is -2.43. The lowest BCUT2D eigenvalue weighted by molar-refractivity contribution is 0.171. The van der Waals surface area contributed by atoms with Gasteiger partial charge in [0.2, 0.25) is 0 Å². The molecule has 1 unspecified atom stereocenters. The number of hydrogen-bond donors (Lipinski definition) is 1. The minimum atomic E-state index is -0.0783. The highest BCUT2D eigenvalue weighted by atomic mass is 16.5. The van der Waals surface area contributed by atoms with Crippen LogP contribution in [0.15, 0.2) is 48.9 Å². The molecule has 2 amide bonds. The van der Waals surface area contributed by atoms with Crippen LogP contribution in [-0.2, 0) is 6.54 Å². The van der Waals surface area contributed by atoms with Crippen LogP contribution in [0.1, 0.15) is 19.8 Å². The first-order valence-electron chi connectivity index (χ1n) is 9.78. The number of pyridine rings is 1. The van der Waals surface area contributed by atoms with Gasteiger partial charge in [-0.05, 0) is 49.9 Å². The molecule has 1 atom stereocenters. The summed E-state index contributed by atoms with van der Waals surface area (Å²) in [6.45, 7) is 4.79. The van der Waals surface area contributed by atoms with Gasteiger partial charge in [-0.3, -0.25) is 0 Å². The molecule has 4 rings (SSSR count). The molecule has 2 aromatic heterocycles. The van der Waals surface area contributed by atoms with Crippen LogP contribution < -0.4 is 10.1 Å². The molecule has 146 valence electrons. The highest BCUT2D eigenvalue weighted by Crippen LogP contribution is 2.25. The first-order chi connectivity index (χ1) is 13.7. The standard InChI is InChI=1S/C21H25N5O2/c1-2-28-19-10-4-3-8-17(19)24-21(27)25-12-6-7-16(13-25)14-26-15-23-18-9-5-11-22-20(18)26/h3-5,8-11,15-16H,2,6-7,12-14H2,1H3,(H,24,27). The second-order valence-corrected chi connectivity index (χ2v) is 7.06. The van der Waals surface area contributed by atoms with Gasteiger partial charge in [-0.1, -0.05) is 12.1 Å². The summed E-state index contributed by atoms with van der Waals surface area (Å²) < 4.78 is 7.70. The van der Waals surface area contributed by atoms with Crippen LogP contribution in [0, 0.1) is 5.92 Å². The highest BCUT2D eigenvalue weighted by molar-refractivity contribution is 5.91. The van der Waals surface area contributed by atoms with E-state index in [0.29, 0.717) is 24.0 Å². The van der Waals surface area contributed by atoms with Crippen molar-refractivity contribution >= 4 is 22.9 Å². The molecule has 0 bridgehead atoms. The Kier molecular flexibility index (Phi) is 5.41. The van der Waals surface area contributed by atoms with E-state index in [1.807, 2.05) is 54.5 Å². The van der Waals surface area contributed by atoms with E-state index in [-0.39, 0.29) is 6.03 Å². The number of piperidine rings is 1. The van der Waals surface area contributed by atoms with Crippen molar-refractivity contribution in [1.82, 2.24) is 19.4 Å². The number of aromatic nitrogens is 3. The summed E-state index contributed by atoms with van der Waals surface area (Å²) in [5.41, 5.74) is 2.51. The summed E-state index contributed by atoms with van der Waals surface area (Å²) in [6.07, 6.45) is 5.71. The van der Waals surface area contributed by atoms with Gasteiger partial charge in [0.05, 0.1) is 18.6 Å². The van der Waals surface area contributed by atoms with Gasteiger partial charge in [0.1, 0.15) is 11.3 Å². The van der Waals surface area contributed by atoms with Crippen LogP contribution >= 0.6 is 0 Å². The number of fused-ring (bicyclic) bond motifs is 1. The van der Waals surface area contributed by atoms with Crippen molar-refractivity contribution in [2.45, 2.75) is 26.3 Å². The third-order valence-corrected chi connectivity index (χ3v) is 5.06. The van der Waals surface area contributed by atoms with Gasteiger partial charge in [0.15, 0.2) is 5.65 Å². The quantitative estimate of drug-likeness (QED) is 0.732. The van der Waals surface area contributed by atoms with Gasteiger partial charge in [-0.25, -0.2) is 14.8 Å². The second kappa shape index (κ2) is 8.29. The van der Waals surface area contributed by atoms with E-state index in [4.69, 9.17) is 4.74 Å². The predicted octanol–water partition coefficient (Wildman–Crippen LogP) is 3.77. The monoisotopic (exact) mass is 379 g/mol. The third-order valence-electron chi connectivity index (χ3n) is 5.06. The van der Waals surface area contributed by atoms with Crippen LogP contribution in [0.5, 0.6) is 5.75 Å². The van der Waals surface area contributed by atoms with Gasteiger partial charge in [-0.2, -0.15) is 0 Å². The van der Waals surface area contributed by atoms with Gasteiger partial charge in [0, 0.05) is 25.8 Å². The van der Waals surface area contributed by atoms with E-state index in [1.54, 1.807) is 6.20 Å². The molecule has 7 heteroatoms. The smallest absolute Gasteiger partial charge is 0.321 e. The van der Waals surface area contributed by atoms with E-state index in [2.05, 4.69) is 19.9 Å². The number of hydrogen-bond acceptors (Lipinski definition) is 4. The maximum Gasteiger partial charge on any atom is 0.321 e. The molecular formula is C21H25N5O2. The van der Waals surface area contributed by atoms with Crippen LogP contribution in [0.3, 0.4) is 0 Å². The number of nitrogens with one attached hydrogen (secondary N) is 1. The Morgan fingerprint density at radius 1 is 1.25 bits per heavy atom. The number of carbonyl (C=O) groups excluding carboxylic acids is 1. The predicted molar refractivity (Wildman–Crippen MR) is 108 cm³/mol. The summed E-state index contributed by atoms with van der Waals surface area (Å²) in [5, 5.41) is 3.00. The number of anilines is 1. The zero-order valence-corrected chi connectivity index (χ0v) is 16.0. The Morgan fingerprint density at radius 3 is 3.04 bits per heavy atom. The van der Waals surface area contributed by atoms with Crippen molar-refractivity contribution < 1.29 is 9.53 Å². The molecule has 3 aromatic rings. The number of urea groups is 1. The van der Waals surface area contributed by atoms with Crippen molar-refractivity contribution in [3.63, 3.8) is 0 Å². The van der Waals surface area contributed by atoms with Crippen molar-refractivity contribution in [3.8, 4) is 5.75 Å². The Bertz CT molecular complexity index is 955. The van der Waals surface area contributed by atoms with Gasteiger partial charge in [0.25, 0.3) is 0 Å². The summed E-state index contributed by atoms with van der Waals surface area (Å²) >= 11 is 0. The van der Waals surface area contributed by atoms with E-state index < -0.39 is 0 Å². The maximum absolute atomic E-state index is 12.8. The molecule has 7 nitrogen and oxygen atoms in total. The summed E-state index contributed by atoms with van der Waals surface area (Å²) in [7, 11) is 0. The largest absolute Gasteiger partial charge is 0.492 e. The highest BCUT2D eigenvalue weighted by Gasteiger charge is 2.25. The van der Waals surface area contributed by atoms with Crippen LogP contribution in [-0.4, -0.2) is 45.2 Å². The van der Waals surface area contributed by atoms with Crippen molar-refractivity contribution in [2.24, 2.45) is 5.92 Å². The molecule has 1 saturated heterocycles. The molecule has 0 spiro atoms. The van der Waals surface area contributed by atoms with Crippen molar-refractivity contribution in [3.05, 3.63) is 48.9 Å². The number of amides is 2. The second-order valence-electron chi connectivity index (χ2n) is 7.06.